The lowest BCUT2D eigenvalue weighted by molar-refractivity contribution is -0.141. The summed E-state index contributed by atoms with van der Waals surface area (Å²) >= 11 is 0. The third kappa shape index (κ3) is 5.25. The zero-order valence-electron chi connectivity index (χ0n) is 18.3. The predicted molar refractivity (Wildman–Crippen MR) is 124 cm³/mol. The molecule has 0 atom stereocenters. The molecule has 0 aliphatic carbocycles. The minimum absolute atomic E-state index is 0.0359. The lowest BCUT2D eigenvalue weighted by atomic mass is 10.1. The molecule has 2 aromatic carbocycles. The SMILES string of the molecule is CCOC(=O)CN(c1ccc2c(c1)nc(CCc1ccc(C(=N)N)cc1)n2C)S(C)(=O)=O. The van der Waals surface area contributed by atoms with Gasteiger partial charge < -0.3 is 15.0 Å². The van der Waals surface area contributed by atoms with E-state index in [2.05, 4.69) is 4.98 Å². The van der Waals surface area contributed by atoms with Crippen LogP contribution >= 0.6 is 0 Å². The van der Waals surface area contributed by atoms with Gasteiger partial charge in [0, 0.05) is 19.0 Å². The minimum Gasteiger partial charge on any atom is -0.465 e. The van der Waals surface area contributed by atoms with Crippen LogP contribution in [0, 0.1) is 5.41 Å². The topological polar surface area (TPSA) is 131 Å². The first kappa shape index (κ1) is 23.3. The van der Waals surface area contributed by atoms with E-state index in [0.717, 1.165) is 33.9 Å². The molecule has 3 aromatic rings. The molecule has 9 nitrogen and oxygen atoms in total. The Hall–Kier alpha value is -3.40. The van der Waals surface area contributed by atoms with Crippen molar-refractivity contribution in [3.05, 3.63) is 59.4 Å². The molecule has 0 spiro atoms. The number of hydrogen-bond acceptors (Lipinski definition) is 6. The number of sulfonamides is 1. The molecule has 32 heavy (non-hydrogen) atoms. The van der Waals surface area contributed by atoms with Crippen LogP contribution in [0.25, 0.3) is 11.0 Å². The molecule has 0 amide bonds. The molecule has 3 N–H and O–H groups in total. The number of aromatic nitrogens is 2. The highest BCUT2D eigenvalue weighted by molar-refractivity contribution is 7.92. The zero-order valence-corrected chi connectivity index (χ0v) is 19.1. The summed E-state index contributed by atoms with van der Waals surface area (Å²) in [5.41, 5.74) is 9.14. The number of nitrogens with two attached hydrogens (primary N) is 1. The van der Waals surface area contributed by atoms with Crippen LogP contribution in [0.15, 0.2) is 42.5 Å². The molecule has 0 fully saturated rings. The summed E-state index contributed by atoms with van der Waals surface area (Å²) in [6.07, 6.45) is 2.48. The highest BCUT2D eigenvalue weighted by Crippen LogP contribution is 2.25. The standard InChI is InChI=1S/C22H27N5O4S/c1-4-31-21(28)14-27(32(3,29)30)17-10-11-19-18(13-17)25-20(26(19)2)12-7-15-5-8-16(9-6-15)22(23)24/h5-6,8-11,13H,4,7,12,14H2,1-3H3,(H3,23,24). The van der Waals surface area contributed by atoms with E-state index < -0.39 is 22.5 Å². The Kier molecular flexibility index (Phi) is 6.83. The van der Waals surface area contributed by atoms with Gasteiger partial charge >= 0.3 is 5.97 Å². The largest absolute Gasteiger partial charge is 0.465 e. The highest BCUT2D eigenvalue weighted by atomic mass is 32.2. The number of aryl methyl sites for hydroxylation is 3. The molecule has 0 unspecified atom stereocenters. The molecule has 1 aromatic heterocycles. The highest BCUT2D eigenvalue weighted by Gasteiger charge is 2.22. The number of carbonyl (C=O) groups is 1. The first-order valence-corrected chi connectivity index (χ1v) is 12.0. The van der Waals surface area contributed by atoms with Gasteiger partial charge in [0.25, 0.3) is 0 Å². The van der Waals surface area contributed by atoms with Crippen LogP contribution in [0.5, 0.6) is 0 Å². The first-order valence-electron chi connectivity index (χ1n) is 10.1. The second kappa shape index (κ2) is 9.39. The molecule has 170 valence electrons. The molecule has 0 radical (unpaired) electrons. The Morgan fingerprint density at radius 2 is 1.88 bits per heavy atom. The van der Waals surface area contributed by atoms with E-state index in [1.54, 1.807) is 25.1 Å². The van der Waals surface area contributed by atoms with Crippen molar-refractivity contribution in [1.29, 1.82) is 5.41 Å². The molecule has 1 heterocycles. The molecule has 0 aliphatic rings. The quantitative estimate of drug-likeness (QED) is 0.287. The van der Waals surface area contributed by atoms with Crippen molar-refractivity contribution in [1.82, 2.24) is 9.55 Å². The average molecular weight is 458 g/mol. The Morgan fingerprint density at radius 1 is 1.19 bits per heavy atom. The van der Waals surface area contributed by atoms with E-state index in [9.17, 15) is 13.2 Å². The fraction of sp³-hybridized carbons (Fsp3) is 0.318. The van der Waals surface area contributed by atoms with E-state index >= 15 is 0 Å². The Bertz CT molecular complexity index is 1250. The first-order chi connectivity index (χ1) is 15.1. The summed E-state index contributed by atoms with van der Waals surface area (Å²) in [6.45, 7) is 1.45. The number of rotatable bonds is 9. The fourth-order valence-electron chi connectivity index (χ4n) is 3.45. The number of nitrogens with one attached hydrogen (secondary N) is 1. The number of hydrogen-bond donors (Lipinski definition) is 2. The van der Waals surface area contributed by atoms with Crippen molar-refractivity contribution >= 4 is 38.5 Å². The van der Waals surface area contributed by atoms with Crippen LogP contribution in [-0.4, -0.2) is 49.2 Å². The van der Waals surface area contributed by atoms with Gasteiger partial charge in [0.15, 0.2) is 0 Å². The van der Waals surface area contributed by atoms with Crippen LogP contribution in [0.4, 0.5) is 5.69 Å². The Balaban J connectivity index is 1.84. The molecule has 10 heteroatoms. The number of anilines is 1. The molecular weight excluding hydrogens is 430 g/mol. The van der Waals surface area contributed by atoms with Crippen LogP contribution in [-0.2, 0) is 39.4 Å². The summed E-state index contributed by atoms with van der Waals surface area (Å²) in [5, 5.41) is 7.47. The number of carbonyl (C=O) groups excluding carboxylic acids is 1. The van der Waals surface area contributed by atoms with Gasteiger partial charge in [0.05, 0.1) is 29.6 Å². The molecular formula is C22H27N5O4S. The number of ether oxygens (including phenoxy) is 1. The molecule has 0 saturated heterocycles. The van der Waals surface area contributed by atoms with Crippen molar-refractivity contribution in [2.24, 2.45) is 12.8 Å². The van der Waals surface area contributed by atoms with Crippen molar-refractivity contribution in [3.8, 4) is 0 Å². The summed E-state index contributed by atoms with van der Waals surface area (Å²) < 4.78 is 32.5. The predicted octanol–water partition coefficient (Wildman–Crippen LogP) is 1.97. The van der Waals surface area contributed by atoms with Gasteiger partial charge in [-0.25, -0.2) is 13.4 Å². The number of esters is 1. The van der Waals surface area contributed by atoms with E-state index in [-0.39, 0.29) is 12.4 Å². The second-order valence-electron chi connectivity index (χ2n) is 7.45. The van der Waals surface area contributed by atoms with Gasteiger partial charge in [0.2, 0.25) is 10.0 Å². The number of fused-ring (bicyclic) bond motifs is 1. The Labute approximate surface area is 187 Å². The normalized spacial score (nSPS) is 11.5. The van der Waals surface area contributed by atoms with Crippen molar-refractivity contribution in [2.75, 3.05) is 23.7 Å². The summed E-state index contributed by atoms with van der Waals surface area (Å²) in [4.78, 5) is 16.6. The lowest BCUT2D eigenvalue weighted by Gasteiger charge is -2.21. The number of nitrogen functional groups attached to an aromatic ring is 1. The van der Waals surface area contributed by atoms with Gasteiger partial charge in [-0.3, -0.25) is 14.5 Å². The lowest BCUT2D eigenvalue weighted by Crippen LogP contribution is -2.35. The molecule has 0 bridgehead atoms. The van der Waals surface area contributed by atoms with Gasteiger partial charge in [-0.15, -0.1) is 0 Å². The van der Waals surface area contributed by atoms with E-state index in [1.807, 2.05) is 35.9 Å². The van der Waals surface area contributed by atoms with Gasteiger partial charge in [-0.1, -0.05) is 24.3 Å². The van der Waals surface area contributed by atoms with Crippen LogP contribution in [0.2, 0.25) is 0 Å². The molecule has 0 saturated carbocycles. The zero-order chi connectivity index (χ0) is 23.5. The number of imidazole rings is 1. The van der Waals surface area contributed by atoms with E-state index in [0.29, 0.717) is 23.2 Å². The van der Waals surface area contributed by atoms with Crippen LogP contribution in [0.3, 0.4) is 0 Å². The van der Waals surface area contributed by atoms with Crippen LogP contribution < -0.4 is 10.0 Å². The summed E-state index contributed by atoms with van der Waals surface area (Å²) in [6, 6.07) is 12.7. The summed E-state index contributed by atoms with van der Waals surface area (Å²) in [5.74, 6) is 0.272. The minimum atomic E-state index is -3.69. The van der Waals surface area contributed by atoms with Gasteiger partial charge in [0.1, 0.15) is 18.2 Å². The van der Waals surface area contributed by atoms with Crippen LogP contribution in [0.1, 0.15) is 23.9 Å². The average Bonchev–Trinajstić information content (AvgIpc) is 3.05. The van der Waals surface area contributed by atoms with Crippen molar-refractivity contribution in [3.63, 3.8) is 0 Å². The number of amidine groups is 1. The second-order valence-corrected chi connectivity index (χ2v) is 9.35. The fourth-order valence-corrected chi connectivity index (χ4v) is 4.28. The third-order valence-electron chi connectivity index (χ3n) is 5.13. The maximum Gasteiger partial charge on any atom is 0.326 e. The maximum absolute atomic E-state index is 12.3. The monoisotopic (exact) mass is 457 g/mol. The van der Waals surface area contributed by atoms with Gasteiger partial charge in [-0.05, 0) is 37.1 Å². The van der Waals surface area contributed by atoms with Gasteiger partial charge in [-0.2, -0.15) is 0 Å². The number of benzene rings is 2. The third-order valence-corrected chi connectivity index (χ3v) is 6.27. The molecule has 0 aliphatic heterocycles. The van der Waals surface area contributed by atoms with E-state index in [4.69, 9.17) is 15.9 Å². The summed E-state index contributed by atoms with van der Waals surface area (Å²) in [7, 11) is -1.77. The maximum atomic E-state index is 12.3. The van der Waals surface area contributed by atoms with Crippen molar-refractivity contribution in [2.45, 2.75) is 19.8 Å². The molecule has 3 rings (SSSR count). The Morgan fingerprint density at radius 3 is 2.47 bits per heavy atom. The smallest absolute Gasteiger partial charge is 0.326 e. The number of nitrogens with zero attached hydrogens (tertiary/aromatic N) is 3. The van der Waals surface area contributed by atoms with E-state index in [1.165, 1.54) is 0 Å². The van der Waals surface area contributed by atoms with Crippen molar-refractivity contribution < 1.29 is 17.9 Å².